The number of hydrogen-bond donors (Lipinski definition) is 3. The van der Waals surface area contributed by atoms with E-state index in [2.05, 4.69) is 10.3 Å². The molecule has 12 nitrogen and oxygen atoms in total. The quantitative estimate of drug-likeness (QED) is 0.445. The summed E-state index contributed by atoms with van der Waals surface area (Å²) in [6.45, 7) is 4.65. The Morgan fingerprint density at radius 3 is 2.51 bits per heavy atom. The van der Waals surface area contributed by atoms with Crippen LogP contribution in [0.25, 0.3) is 10.9 Å². The second-order valence-electron chi connectivity index (χ2n) is 9.82. The average molecular weight is 518 g/mol. The van der Waals surface area contributed by atoms with Gasteiger partial charge in [-0.15, -0.1) is 0 Å². The van der Waals surface area contributed by atoms with Crippen LogP contribution in [0.4, 0.5) is 5.69 Å². The molecular weight excluding hydrogens is 486 g/mol. The number of carboxylic acids is 2. The summed E-state index contributed by atoms with van der Waals surface area (Å²) in [5.41, 5.74) is -0.955. The number of pyridine rings is 1. The van der Waals surface area contributed by atoms with Gasteiger partial charge in [0.1, 0.15) is 29.9 Å². The third-order valence-corrected chi connectivity index (χ3v) is 6.84. The van der Waals surface area contributed by atoms with E-state index in [1.54, 1.807) is 38.2 Å². The van der Waals surface area contributed by atoms with Gasteiger partial charge < -0.3 is 39.4 Å². The smallest absolute Gasteiger partial charge is 0.329 e. The number of carboxylic acid groups (broad SMARTS) is 2. The number of anilines is 1. The Kier molecular flexibility index (Phi) is 7.12. The highest BCUT2D eigenvalue weighted by atomic mass is 16.8. The molecular formula is C25H31N3O9. The Morgan fingerprint density at radius 1 is 1.19 bits per heavy atom. The minimum absolute atomic E-state index is 0.499. The van der Waals surface area contributed by atoms with Gasteiger partial charge in [0, 0.05) is 25.7 Å². The van der Waals surface area contributed by atoms with Gasteiger partial charge in [-0.25, -0.2) is 4.79 Å². The average Bonchev–Trinajstić information content (AvgIpc) is 3.33. The lowest BCUT2D eigenvalue weighted by atomic mass is 9.93. The van der Waals surface area contributed by atoms with Crippen LogP contribution in [0.3, 0.4) is 0 Å². The van der Waals surface area contributed by atoms with E-state index in [9.17, 15) is 24.6 Å². The van der Waals surface area contributed by atoms with E-state index in [4.69, 9.17) is 18.9 Å². The third kappa shape index (κ3) is 4.97. The number of carbonyl (C=O) groups excluding carboxylic acids is 1. The summed E-state index contributed by atoms with van der Waals surface area (Å²) in [5, 5.41) is 23.3. The normalized spacial score (nSPS) is 26.7. The van der Waals surface area contributed by atoms with Gasteiger partial charge in [0.05, 0.1) is 17.6 Å². The second kappa shape index (κ2) is 9.86. The molecule has 200 valence electrons. The van der Waals surface area contributed by atoms with E-state index in [0.717, 1.165) is 10.3 Å². The lowest BCUT2D eigenvalue weighted by Crippen LogP contribution is -2.60. The van der Waals surface area contributed by atoms with Crippen molar-refractivity contribution in [3.05, 3.63) is 36.5 Å². The number of rotatable bonds is 9. The van der Waals surface area contributed by atoms with Crippen molar-refractivity contribution in [3.8, 4) is 0 Å². The van der Waals surface area contributed by atoms with Crippen molar-refractivity contribution < 1.29 is 43.5 Å². The number of methoxy groups -OCH3 is 1. The van der Waals surface area contributed by atoms with E-state index in [0.29, 0.717) is 11.2 Å². The Balaban J connectivity index is 1.77. The standard InChI is InChI=1S/C25H31N3O9/c1-24(2)36-19-18(35-22(34-5)20(19)37-24)17(21(31)28(4)25(3,23(32)33)12-15(29)30)27-14-10-6-8-13-9-7-11-26-16(13)14/h6-11,17-20,22,27H,12H2,1-5H3,(H,29,30)(H,32,33)/t17-,18+,19+,20+,22+,25-/m0/s1. The maximum Gasteiger partial charge on any atom is 0.329 e. The number of nitrogens with one attached hydrogen (secondary N) is 1. The lowest BCUT2D eigenvalue weighted by molar-refractivity contribution is -0.228. The Hall–Kier alpha value is -3.32. The monoisotopic (exact) mass is 517 g/mol. The minimum Gasteiger partial charge on any atom is -0.481 e. The first-order chi connectivity index (χ1) is 17.4. The van der Waals surface area contributed by atoms with Crippen LogP contribution in [0.15, 0.2) is 36.5 Å². The van der Waals surface area contributed by atoms with E-state index >= 15 is 0 Å². The van der Waals surface area contributed by atoms with Gasteiger partial charge >= 0.3 is 11.9 Å². The molecule has 0 saturated carbocycles. The maximum atomic E-state index is 14.0. The molecule has 2 fully saturated rings. The molecule has 2 saturated heterocycles. The summed E-state index contributed by atoms with van der Waals surface area (Å²) in [4.78, 5) is 43.0. The van der Waals surface area contributed by atoms with E-state index in [1.807, 2.05) is 12.1 Å². The molecule has 1 amide bonds. The molecule has 12 heteroatoms. The van der Waals surface area contributed by atoms with Crippen molar-refractivity contribution in [1.29, 1.82) is 0 Å². The van der Waals surface area contributed by atoms with Crippen LogP contribution in [0.5, 0.6) is 0 Å². The summed E-state index contributed by atoms with van der Waals surface area (Å²) in [5.74, 6) is -4.52. The molecule has 0 unspecified atom stereocenters. The molecule has 0 spiro atoms. The second-order valence-corrected chi connectivity index (χ2v) is 9.82. The molecule has 1 aromatic heterocycles. The first-order valence-corrected chi connectivity index (χ1v) is 11.7. The van der Waals surface area contributed by atoms with Crippen LogP contribution in [-0.4, -0.2) is 94.1 Å². The van der Waals surface area contributed by atoms with Crippen LogP contribution in [0.2, 0.25) is 0 Å². The van der Waals surface area contributed by atoms with Gasteiger partial charge in [0.2, 0.25) is 5.91 Å². The largest absolute Gasteiger partial charge is 0.481 e. The lowest BCUT2D eigenvalue weighted by Gasteiger charge is -2.38. The predicted octanol–water partition coefficient (Wildman–Crippen LogP) is 1.68. The zero-order valence-electron chi connectivity index (χ0n) is 21.2. The number of carbonyl (C=O) groups is 3. The van der Waals surface area contributed by atoms with Crippen LogP contribution in [-0.2, 0) is 33.3 Å². The van der Waals surface area contributed by atoms with Gasteiger partial charge in [0.25, 0.3) is 0 Å². The number of ether oxygens (including phenoxy) is 4. The fourth-order valence-electron chi connectivity index (χ4n) is 4.81. The summed E-state index contributed by atoms with van der Waals surface area (Å²) in [7, 11) is 2.70. The number of benzene rings is 1. The molecule has 3 N–H and O–H groups in total. The topological polar surface area (TPSA) is 157 Å². The number of aliphatic carboxylic acids is 2. The highest BCUT2D eigenvalue weighted by Gasteiger charge is 2.59. The molecule has 0 aliphatic carbocycles. The number of hydrogen-bond acceptors (Lipinski definition) is 9. The first kappa shape index (κ1) is 26.7. The van der Waals surface area contributed by atoms with E-state index in [1.165, 1.54) is 21.1 Å². The van der Waals surface area contributed by atoms with Crippen LogP contribution in [0.1, 0.15) is 27.2 Å². The van der Waals surface area contributed by atoms with E-state index < -0.39 is 66.2 Å². The molecule has 2 aliphatic heterocycles. The molecule has 2 aliphatic rings. The SMILES string of the molecule is CO[C@@H]1O[C@H]([C@H](Nc2cccc3cccnc23)C(=O)N(C)[C@@](C)(CC(=O)O)C(=O)O)[C@H]2OC(C)(C)O[C@@H]12. The Labute approximate surface area is 213 Å². The molecule has 1 aromatic carbocycles. The van der Waals surface area contributed by atoms with Gasteiger partial charge in [-0.1, -0.05) is 18.2 Å². The molecule has 2 aromatic rings. The predicted molar refractivity (Wildman–Crippen MR) is 130 cm³/mol. The van der Waals surface area contributed by atoms with Crippen molar-refractivity contribution >= 4 is 34.4 Å². The minimum atomic E-state index is -2.04. The van der Waals surface area contributed by atoms with Crippen LogP contribution < -0.4 is 5.32 Å². The summed E-state index contributed by atoms with van der Waals surface area (Å²) in [6, 6.07) is 7.83. The molecule has 3 heterocycles. The van der Waals surface area contributed by atoms with Crippen LogP contribution >= 0.6 is 0 Å². The van der Waals surface area contributed by atoms with Crippen molar-refractivity contribution in [2.45, 2.75) is 69.2 Å². The number of amides is 1. The zero-order valence-corrected chi connectivity index (χ0v) is 21.2. The van der Waals surface area contributed by atoms with E-state index in [-0.39, 0.29) is 0 Å². The number of para-hydroxylation sites is 1. The number of nitrogens with zero attached hydrogens (tertiary/aromatic N) is 2. The summed E-state index contributed by atoms with van der Waals surface area (Å²) >= 11 is 0. The summed E-state index contributed by atoms with van der Waals surface area (Å²) < 4.78 is 23.6. The number of likely N-dealkylation sites (N-methyl/N-ethyl adjacent to an activating group) is 1. The van der Waals surface area contributed by atoms with Crippen molar-refractivity contribution in [2.75, 3.05) is 19.5 Å². The van der Waals surface area contributed by atoms with Gasteiger partial charge in [-0.05, 0) is 32.9 Å². The first-order valence-electron chi connectivity index (χ1n) is 11.7. The third-order valence-electron chi connectivity index (χ3n) is 6.84. The van der Waals surface area contributed by atoms with Crippen molar-refractivity contribution in [3.63, 3.8) is 0 Å². The van der Waals surface area contributed by atoms with Crippen molar-refractivity contribution in [1.82, 2.24) is 9.88 Å². The molecule has 0 radical (unpaired) electrons. The number of fused-ring (bicyclic) bond motifs is 2. The molecule has 0 bridgehead atoms. The highest BCUT2D eigenvalue weighted by molar-refractivity contribution is 5.96. The van der Waals surface area contributed by atoms with Crippen LogP contribution in [0, 0.1) is 0 Å². The zero-order chi connectivity index (χ0) is 27.1. The van der Waals surface area contributed by atoms with Gasteiger partial charge in [0.15, 0.2) is 12.1 Å². The summed E-state index contributed by atoms with van der Waals surface area (Å²) in [6.07, 6.45) is -2.41. The molecule has 4 rings (SSSR count). The Bertz CT molecular complexity index is 1200. The fraction of sp³-hybridized carbons (Fsp3) is 0.520. The maximum absolute atomic E-state index is 14.0. The fourth-order valence-corrected chi connectivity index (χ4v) is 4.81. The Morgan fingerprint density at radius 2 is 1.86 bits per heavy atom. The molecule has 6 atom stereocenters. The van der Waals surface area contributed by atoms with Crippen molar-refractivity contribution in [2.24, 2.45) is 0 Å². The number of aromatic nitrogens is 1. The molecule has 37 heavy (non-hydrogen) atoms. The highest BCUT2D eigenvalue weighted by Crippen LogP contribution is 2.41. The van der Waals surface area contributed by atoms with Gasteiger partial charge in [-0.3, -0.25) is 14.6 Å². The van der Waals surface area contributed by atoms with Gasteiger partial charge in [-0.2, -0.15) is 0 Å².